The van der Waals surface area contributed by atoms with E-state index >= 15 is 0 Å². The van der Waals surface area contributed by atoms with Gasteiger partial charge in [-0.1, -0.05) is 6.07 Å². The van der Waals surface area contributed by atoms with Gasteiger partial charge in [-0.15, -0.1) is 0 Å². The third-order valence-electron chi connectivity index (χ3n) is 3.07. The summed E-state index contributed by atoms with van der Waals surface area (Å²) in [4.78, 5) is -0.0691. The van der Waals surface area contributed by atoms with Crippen molar-refractivity contribution in [3.63, 3.8) is 0 Å². The minimum Gasteiger partial charge on any atom is -0.324 e. The van der Waals surface area contributed by atoms with Gasteiger partial charge in [-0.2, -0.15) is 0 Å². The highest BCUT2D eigenvalue weighted by Crippen LogP contribution is 2.28. The summed E-state index contributed by atoms with van der Waals surface area (Å²) in [5.74, 6) is -0.570. The third kappa shape index (κ3) is 2.83. The van der Waals surface area contributed by atoms with Crippen LogP contribution in [0.1, 0.15) is 19.3 Å². The Kier molecular flexibility index (Phi) is 3.20. The largest absolute Gasteiger partial charge is 0.324 e. The molecule has 0 radical (unpaired) electrons. The second-order valence-electron chi connectivity index (χ2n) is 4.50. The Bertz CT molecular complexity index is 512. The molecule has 1 aliphatic rings. The third-order valence-corrected chi connectivity index (χ3v) is 4.47. The van der Waals surface area contributed by atoms with Crippen molar-refractivity contribution in [1.29, 1.82) is 0 Å². The molecule has 0 bridgehead atoms. The minimum absolute atomic E-state index is 0.0691. The van der Waals surface area contributed by atoms with Crippen molar-refractivity contribution in [2.45, 2.75) is 29.7 Å². The molecule has 1 aromatic carbocycles. The first-order chi connectivity index (χ1) is 7.91. The highest BCUT2D eigenvalue weighted by molar-refractivity contribution is 7.89. The van der Waals surface area contributed by atoms with Crippen molar-refractivity contribution < 1.29 is 12.8 Å². The van der Waals surface area contributed by atoms with Gasteiger partial charge in [-0.3, -0.25) is 0 Å². The summed E-state index contributed by atoms with van der Waals surface area (Å²) in [6, 6.07) is 4.92. The molecule has 6 heteroatoms. The minimum atomic E-state index is -3.66. The number of hydrogen-bond donors (Lipinski definition) is 2. The van der Waals surface area contributed by atoms with E-state index in [1.165, 1.54) is 18.2 Å². The summed E-state index contributed by atoms with van der Waals surface area (Å²) >= 11 is 0. The van der Waals surface area contributed by atoms with E-state index in [1.807, 2.05) is 0 Å². The van der Waals surface area contributed by atoms with E-state index < -0.39 is 21.4 Å². The maximum absolute atomic E-state index is 12.9. The Morgan fingerprint density at radius 2 is 2.12 bits per heavy atom. The van der Waals surface area contributed by atoms with Crippen LogP contribution in [0.3, 0.4) is 0 Å². The number of nitrogens with one attached hydrogen (secondary N) is 1. The van der Waals surface area contributed by atoms with E-state index in [-0.39, 0.29) is 11.4 Å². The van der Waals surface area contributed by atoms with Gasteiger partial charge in [0.15, 0.2) is 0 Å². The van der Waals surface area contributed by atoms with Gasteiger partial charge < -0.3 is 5.73 Å². The van der Waals surface area contributed by atoms with Gasteiger partial charge in [0.1, 0.15) is 5.82 Å². The molecular formula is C11H15FN2O2S. The van der Waals surface area contributed by atoms with Crippen LogP contribution in [0, 0.1) is 5.82 Å². The maximum atomic E-state index is 12.9. The average molecular weight is 258 g/mol. The van der Waals surface area contributed by atoms with E-state index in [2.05, 4.69) is 4.72 Å². The van der Waals surface area contributed by atoms with Crippen LogP contribution in [0.2, 0.25) is 0 Å². The highest BCUT2D eigenvalue weighted by Gasteiger charge is 2.33. The molecule has 1 saturated carbocycles. The van der Waals surface area contributed by atoms with Crippen molar-refractivity contribution >= 4 is 10.0 Å². The Balaban J connectivity index is 2.08. The van der Waals surface area contributed by atoms with Crippen molar-refractivity contribution in [3.8, 4) is 0 Å². The average Bonchev–Trinajstić information content (AvgIpc) is 2.24. The Labute approximate surface area is 100 Å². The zero-order chi connectivity index (χ0) is 12.5. The molecule has 0 aliphatic heterocycles. The molecule has 0 unspecified atom stereocenters. The molecule has 0 amide bonds. The topological polar surface area (TPSA) is 72.2 Å². The van der Waals surface area contributed by atoms with Crippen molar-refractivity contribution in [3.05, 3.63) is 30.1 Å². The fraction of sp³-hybridized carbons (Fsp3) is 0.455. The van der Waals surface area contributed by atoms with Crippen LogP contribution in [0.4, 0.5) is 4.39 Å². The number of rotatable bonds is 4. The molecular weight excluding hydrogens is 243 g/mol. The van der Waals surface area contributed by atoms with E-state index in [1.54, 1.807) is 0 Å². The van der Waals surface area contributed by atoms with Gasteiger partial charge in [-0.05, 0) is 37.5 Å². The molecule has 0 spiro atoms. The standard InChI is InChI=1S/C11H15FN2O2S/c12-9-3-1-4-10(7-9)17(15,16)14-8-11(13)5-2-6-11/h1,3-4,7,14H,2,5-6,8,13H2. The lowest BCUT2D eigenvalue weighted by atomic mass is 9.78. The first-order valence-corrected chi connectivity index (χ1v) is 6.94. The van der Waals surface area contributed by atoms with Crippen LogP contribution in [-0.4, -0.2) is 20.5 Å². The zero-order valence-corrected chi connectivity index (χ0v) is 10.1. The zero-order valence-electron chi connectivity index (χ0n) is 9.32. The van der Waals surface area contributed by atoms with Gasteiger partial charge in [0.2, 0.25) is 10.0 Å². The number of benzene rings is 1. The maximum Gasteiger partial charge on any atom is 0.240 e. The summed E-state index contributed by atoms with van der Waals surface area (Å²) in [5.41, 5.74) is 5.49. The van der Waals surface area contributed by atoms with E-state index in [0.717, 1.165) is 25.3 Å². The monoisotopic (exact) mass is 258 g/mol. The molecule has 1 fully saturated rings. The molecule has 2 rings (SSSR count). The molecule has 1 aliphatic carbocycles. The molecule has 0 heterocycles. The second kappa shape index (κ2) is 4.36. The normalized spacial score (nSPS) is 18.7. The molecule has 1 aromatic rings. The van der Waals surface area contributed by atoms with Gasteiger partial charge >= 0.3 is 0 Å². The van der Waals surface area contributed by atoms with Crippen LogP contribution in [-0.2, 0) is 10.0 Å². The van der Waals surface area contributed by atoms with Crippen molar-refractivity contribution in [2.24, 2.45) is 5.73 Å². The van der Waals surface area contributed by atoms with E-state index in [0.29, 0.717) is 0 Å². The lowest BCUT2D eigenvalue weighted by molar-refractivity contribution is 0.251. The lowest BCUT2D eigenvalue weighted by Gasteiger charge is -2.37. The summed E-state index contributed by atoms with van der Waals surface area (Å²) in [5, 5.41) is 0. The highest BCUT2D eigenvalue weighted by atomic mass is 32.2. The Hall–Kier alpha value is -0.980. The van der Waals surface area contributed by atoms with Gasteiger partial charge in [0.25, 0.3) is 0 Å². The van der Waals surface area contributed by atoms with Crippen LogP contribution < -0.4 is 10.5 Å². The molecule has 17 heavy (non-hydrogen) atoms. The molecule has 4 nitrogen and oxygen atoms in total. The SMILES string of the molecule is NC1(CNS(=O)(=O)c2cccc(F)c2)CCC1. The van der Waals surface area contributed by atoms with Crippen LogP contribution >= 0.6 is 0 Å². The predicted octanol–water partition coefficient (Wildman–Crippen LogP) is 0.985. The predicted molar refractivity (Wildman–Crippen MR) is 62.4 cm³/mol. The first kappa shape index (κ1) is 12.5. The van der Waals surface area contributed by atoms with E-state index in [4.69, 9.17) is 5.73 Å². The fourth-order valence-electron chi connectivity index (χ4n) is 1.76. The summed E-state index contributed by atoms with van der Waals surface area (Å²) in [6.07, 6.45) is 2.66. The second-order valence-corrected chi connectivity index (χ2v) is 6.26. The number of halogens is 1. The summed E-state index contributed by atoms with van der Waals surface area (Å²) in [6.45, 7) is 0.200. The molecule has 0 aromatic heterocycles. The first-order valence-electron chi connectivity index (χ1n) is 5.45. The molecule has 94 valence electrons. The quantitative estimate of drug-likeness (QED) is 0.845. The van der Waals surface area contributed by atoms with Crippen LogP contribution in [0.15, 0.2) is 29.2 Å². The van der Waals surface area contributed by atoms with Crippen LogP contribution in [0.5, 0.6) is 0 Å². The number of hydrogen-bond acceptors (Lipinski definition) is 3. The molecule has 3 N–H and O–H groups in total. The Morgan fingerprint density at radius 3 is 2.65 bits per heavy atom. The smallest absolute Gasteiger partial charge is 0.240 e. The van der Waals surface area contributed by atoms with Gasteiger partial charge in [-0.25, -0.2) is 17.5 Å². The van der Waals surface area contributed by atoms with Crippen LogP contribution in [0.25, 0.3) is 0 Å². The number of sulfonamides is 1. The molecule has 0 atom stereocenters. The summed E-state index contributed by atoms with van der Waals surface area (Å²) < 4.78 is 39.0. The number of nitrogens with two attached hydrogens (primary N) is 1. The van der Waals surface area contributed by atoms with Gasteiger partial charge in [0.05, 0.1) is 4.90 Å². The fourth-order valence-corrected chi connectivity index (χ4v) is 2.93. The lowest BCUT2D eigenvalue weighted by Crippen LogP contribution is -2.54. The van der Waals surface area contributed by atoms with Crippen molar-refractivity contribution in [2.75, 3.05) is 6.54 Å². The van der Waals surface area contributed by atoms with Gasteiger partial charge in [0, 0.05) is 12.1 Å². The summed E-state index contributed by atoms with van der Waals surface area (Å²) in [7, 11) is -3.66. The Morgan fingerprint density at radius 1 is 1.41 bits per heavy atom. The van der Waals surface area contributed by atoms with E-state index in [9.17, 15) is 12.8 Å². The van der Waals surface area contributed by atoms with Crippen molar-refractivity contribution in [1.82, 2.24) is 4.72 Å². The molecule has 0 saturated heterocycles.